The lowest BCUT2D eigenvalue weighted by Gasteiger charge is -2.45. The molecule has 2 unspecified atom stereocenters. The largest absolute Gasteiger partial charge is 0.481 e. The molecule has 0 amide bonds. The molecule has 0 fully saturated rings. The van der Waals surface area contributed by atoms with E-state index < -0.39 is 22.9 Å². The Morgan fingerprint density at radius 2 is 1.78 bits per heavy atom. The highest BCUT2D eigenvalue weighted by Gasteiger charge is 2.51. The third-order valence-electron chi connectivity index (χ3n) is 3.86. The number of carboxylic acids is 2. The number of carboxylic acid groups (broad SMARTS) is 2. The SMILES string of the molecule is CCN(CC)C1(C(=O)O)CC=CC(C)(C(=O)O)C1. The number of likely N-dealkylation sites (N-methyl/N-ethyl adjacent to an activating group) is 1. The van der Waals surface area contributed by atoms with E-state index in [1.165, 1.54) is 0 Å². The summed E-state index contributed by atoms with van der Waals surface area (Å²) in [6, 6.07) is 0. The number of rotatable bonds is 5. The van der Waals surface area contributed by atoms with Crippen molar-refractivity contribution in [2.45, 2.75) is 39.2 Å². The van der Waals surface area contributed by atoms with Crippen molar-refractivity contribution in [3.8, 4) is 0 Å². The van der Waals surface area contributed by atoms with Crippen LogP contribution in [-0.2, 0) is 9.59 Å². The van der Waals surface area contributed by atoms with Crippen molar-refractivity contribution < 1.29 is 19.8 Å². The van der Waals surface area contributed by atoms with Gasteiger partial charge in [-0.15, -0.1) is 0 Å². The topological polar surface area (TPSA) is 77.8 Å². The summed E-state index contributed by atoms with van der Waals surface area (Å²) >= 11 is 0. The van der Waals surface area contributed by atoms with Crippen molar-refractivity contribution in [1.82, 2.24) is 4.90 Å². The van der Waals surface area contributed by atoms with Gasteiger partial charge in [-0.25, -0.2) is 0 Å². The Morgan fingerprint density at radius 1 is 1.22 bits per heavy atom. The Balaban J connectivity index is 3.20. The predicted molar refractivity (Wildman–Crippen MR) is 67.4 cm³/mol. The second-order valence-corrected chi connectivity index (χ2v) is 5.01. The zero-order chi connectivity index (χ0) is 14.0. The highest BCUT2D eigenvalue weighted by atomic mass is 16.4. The first kappa shape index (κ1) is 14.7. The van der Waals surface area contributed by atoms with Gasteiger partial charge in [-0.05, 0) is 32.9 Å². The molecule has 102 valence electrons. The smallest absolute Gasteiger partial charge is 0.324 e. The summed E-state index contributed by atoms with van der Waals surface area (Å²) in [6.07, 6.45) is 3.75. The molecule has 0 spiro atoms. The van der Waals surface area contributed by atoms with Gasteiger partial charge in [0.1, 0.15) is 5.54 Å². The summed E-state index contributed by atoms with van der Waals surface area (Å²) in [5.74, 6) is -1.92. The molecule has 2 N–H and O–H groups in total. The zero-order valence-electron chi connectivity index (χ0n) is 11.1. The molecule has 1 rings (SSSR count). The van der Waals surface area contributed by atoms with Gasteiger partial charge in [-0.1, -0.05) is 26.0 Å². The monoisotopic (exact) mass is 255 g/mol. The maximum Gasteiger partial charge on any atom is 0.324 e. The van der Waals surface area contributed by atoms with Crippen molar-refractivity contribution in [3.63, 3.8) is 0 Å². The van der Waals surface area contributed by atoms with Crippen LogP contribution in [0.15, 0.2) is 12.2 Å². The van der Waals surface area contributed by atoms with Gasteiger partial charge in [0.05, 0.1) is 5.41 Å². The Kier molecular flexibility index (Phi) is 4.16. The normalized spacial score (nSPS) is 31.6. The summed E-state index contributed by atoms with van der Waals surface area (Å²) in [4.78, 5) is 24.8. The van der Waals surface area contributed by atoms with E-state index in [1.807, 2.05) is 18.7 Å². The molecule has 1 aliphatic carbocycles. The molecule has 0 saturated heterocycles. The first-order valence-corrected chi connectivity index (χ1v) is 6.22. The fraction of sp³-hybridized carbons (Fsp3) is 0.692. The van der Waals surface area contributed by atoms with Crippen molar-refractivity contribution in [3.05, 3.63) is 12.2 Å². The van der Waals surface area contributed by atoms with Crippen LogP contribution in [0.1, 0.15) is 33.6 Å². The van der Waals surface area contributed by atoms with Crippen LogP contribution < -0.4 is 0 Å². The van der Waals surface area contributed by atoms with Crippen molar-refractivity contribution in [1.29, 1.82) is 0 Å². The van der Waals surface area contributed by atoms with E-state index in [2.05, 4.69) is 0 Å². The minimum absolute atomic E-state index is 0.100. The molecule has 0 radical (unpaired) electrons. The number of nitrogens with zero attached hydrogens (tertiary/aromatic N) is 1. The van der Waals surface area contributed by atoms with E-state index >= 15 is 0 Å². The molecule has 18 heavy (non-hydrogen) atoms. The molecular weight excluding hydrogens is 234 g/mol. The van der Waals surface area contributed by atoms with Crippen LogP contribution in [0.2, 0.25) is 0 Å². The van der Waals surface area contributed by atoms with Gasteiger partial charge in [0.15, 0.2) is 0 Å². The lowest BCUT2D eigenvalue weighted by Crippen LogP contribution is -2.58. The number of hydrogen-bond donors (Lipinski definition) is 2. The summed E-state index contributed by atoms with van der Waals surface area (Å²) in [5.41, 5.74) is -2.22. The van der Waals surface area contributed by atoms with Gasteiger partial charge >= 0.3 is 11.9 Å². The van der Waals surface area contributed by atoms with Gasteiger partial charge in [-0.2, -0.15) is 0 Å². The summed E-state index contributed by atoms with van der Waals surface area (Å²) < 4.78 is 0. The second kappa shape index (κ2) is 5.10. The van der Waals surface area contributed by atoms with E-state index in [9.17, 15) is 19.8 Å². The molecule has 0 heterocycles. The van der Waals surface area contributed by atoms with Crippen LogP contribution in [0.4, 0.5) is 0 Å². The van der Waals surface area contributed by atoms with Gasteiger partial charge in [-0.3, -0.25) is 14.5 Å². The number of carbonyl (C=O) groups is 2. The average Bonchev–Trinajstić information content (AvgIpc) is 2.30. The van der Waals surface area contributed by atoms with Crippen LogP contribution in [0.3, 0.4) is 0 Å². The van der Waals surface area contributed by atoms with E-state index in [4.69, 9.17) is 0 Å². The summed E-state index contributed by atoms with van der Waals surface area (Å²) in [6.45, 7) is 6.54. The molecule has 0 saturated carbocycles. The maximum atomic E-state index is 11.7. The minimum atomic E-state index is -1.11. The Hall–Kier alpha value is -1.36. The maximum absolute atomic E-state index is 11.7. The van der Waals surface area contributed by atoms with Crippen molar-refractivity contribution >= 4 is 11.9 Å². The lowest BCUT2D eigenvalue weighted by molar-refractivity contribution is -0.158. The lowest BCUT2D eigenvalue weighted by atomic mass is 9.70. The molecule has 0 aromatic rings. The van der Waals surface area contributed by atoms with Crippen molar-refractivity contribution in [2.24, 2.45) is 5.41 Å². The molecule has 5 nitrogen and oxygen atoms in total. The molecule has 0 bridgehead atoms. The molecule has 0 aliphatic heterocycles. The van der Waals surface area contributed by atoms with Crippen LogP contribution in [0, 0.1) is 5.41 Å². The number of hydrogen-bond acceptors (Lipinski definition) is 3. The van der Waals surface area contributed by atoms with Crippen LogP contribution >= 0.6 is 0 Å². The summed E-state index contributed by atoms with van der Waals surface area (Å²) in [5, 5.41) is 18.8. The highest BCUT2D eigenvalue weighted by Crippen LogP contribution is 2.40. The first-order chi connectivity index (χ1) is 8.32. The quantitative estimate of drug-likeness (QED) is 0.729. The van der Waals surface area contributed by atoms with Gasteiger partial charge in [0.2, 0.25) is 0 Å². The van der Waals surface area contributed by atoms with E-state index in [0.29, 0.717) is 19.5 Å². The van der Waals surface area contributed by atoms with Gasteiger partial charge in [0.25, 0.3) is 0 Å². The van der Waals surface area contributed by atoms with Crippen molar-refractivity contribution in [2.75, 3.05) is 13.1 Å². The fourth-order valence-electron chi connectivity index (χ4n) is 2.77. The molecule has 2 atom stereocenters. The van der Waals surface area contributed by atoms with Crippen LogP contribution in [0.5, 0.6) is 0 Å². The zero-order valence-corrected chi connectivity index (χ0v) is 11.1. The summed E-state index contributed by atoms with van der Waals surface area (Å²) in [7, 11) is 0. The Labute approximate surface area is 107 Å². The Bertz CT molecular complexity index is 375. The van der Waals surface area contributed by atoms with Gasteiger partial charge in [0, 0.05) is 0 Å². The molecule has 0 aromatic heterocycles. The fourth-order valence-corrected chi connectivity index (χ4v) is 2.77. The number of aliphatic carboxylic acids is 2. The molecule has 0 aromatic carbocycles. The third kappa shape index (κ3) is 2.27. The molecule has 5 heteroatoms. The van der Waals surface area contributed by atoms with Crippen LogP contribution in [0.25, 0.3) is 0 Å². The van der Waals surface area contributed by atoms with E-state index in [-0.39, 0.29) is 6.42 Å². The van der Waals surface area contributed by atoms with E-state index in [1.54, 1.807) is 19.1 Å². The van der Waals surface area contributed by atoms with E-state index in [0.717, 1.165) is 0 Å². The first-order valence-electron chi connectivity index (χ1n) is 6.22. The predicted octanol–water partition coefficient (Wildman–Crippen LogP) is 1.59. The Morgan fingerprint density at radius 3 is 2.17 bits per heavy atom. The third-order valence-corrected chi connectivity index (χ3v) is 3.86. The highest BCUT2D eigenvalue weighted by molar-refractivity contribution is 5.84. The molecule has 1 aliphatic rings. The van der Waals surface area contributed by atoms with Crippen LogP contribution in [-0.4, -0.2) is 45.7 Å². The second-order valence-electron chi connectivity index (χ2n) is 5.01. The molecular formula is C13H21NO4. The average molecular weight is 255 g/mol. The van der Waals surface area contributed by atoms with Gasteiger partial charge < -0.3 is 10.2 Å². The standard InChI is InChI=1S/C13H21NO4/c1-4-14(5-2)13(11(17)18)8-6-7-12(3,9-13)10(15)16/h6-7H,4-5,8-9H2,1-3H3,(H,15,16)(H,17,18). The minimum Gasteiger partial charge on any atom is -0.481 e.